The Morgan fingerprint density at radius 1 is 0.952 bits per heavy atom. The summed E-state index contributed by atoms with van der Waals surface area (Å²) in [5.74, 6) is -1.56. The van der Waals surface area contributed by atoms with Crippen LogP contribution in [0.15, 0.2) is 28.7 Å². The van der Waals surface area contributed by atoms with Crippen LogP contribution in [-0.2, 0) is 0 Å². The first-order valence-electron chi connectivity index (χ1n) is 6.75. The van der Waals surface area contributed by atoms with Crippen LogP contribution in [-0.4, -0.2) is 7.05 Å². The molecule has 0 amide bonds. The lowest BCUT2D eigenvalue weighted by Crippen LogP contribution is -2.20. The molecule has 0 saturated heterocycles. The zero-order valence-corrected chi connectivity index (χ0v) is 14.1. The summed E-state index contributed by atoms with van der Waals surface area (Å²) in [6.07, 6.45) is 0. The summed E-state index contributed by atoms with van der Waals surface area (Å²) in [4.78, 5) is 0. The number of hydrogen-bond acceptors (Lipinski definition) is 1. The molecular weight excluding hydrogens is 336 g/mol. The van der Waals surface area contributed by atoms with Gasteiger partial charge in [0.25, 0.3) is 0 Å². The highest BCUT2D eigenvalue weighted by Crippen LogP contribution is 2.31. The fraction of sp³-hybridized carbons (Fsp3) is 0.294. The van der Waals surface area contributed by atoms with Gasteiger partial charge >= 0.3 is 0 Å². The van der Waals surface area contributed by atoms with E-state index in [1.807, 2.05) is 26.0 Å². The first-order valence-corrected chi connectivity index (χ1v) is 7.54. The highest BCUT2D eigenvalue weighted by Gasteiger charge is 2.20. The normalized spacial score (nSPS) is 12.5. The van der Waals surface area contributed by atoms with E-state index in [9.17, 15) is 8.78 Å². The molecule has 2 rings (SSSR count). The fourth-order valence-corrected chi connectivity index (χ4v) is 2.76. The van der Waals surface area contributed by atoms with Gasteiger partial charge in [0.1, 0.15) is 0 Å². The molecule has 0 aromatic heterocycles. The first-order chi connectivity index (χ1) is 9.86. The fourth-order valence-electron chi connectivity index (χ4n) is 2.53. The molecule has 4 heteroatoms. The zero-order chi connectivity index (χ0) is 15.7. The predicted molar refractivity (Wildman–Crippen MR) is 85.6 cm³/mol. The van der Waals surface area contributed by atoms with Gasteiger partial charge in [0, 0.05) is 10.0 Å². The molecule has 1 N–H and O–H groups in total. The number of hydrogen-bond donors (Lipinski definition) is 1. The van der Waals surface area contributed by atoms with Gasteiger partial charge in [0.15, 0.2) is 11.6 Å². The SMILES string of the molecule is CNC(c1cc(C)c(Br)c(C)c1)c1ccc(C)c(F)c1F. The van der Waals surface area contributed by atoms with Gasteiger partial charge in [0.2, 0.25) is 0 Å². The van der Waals surface area contributed by atoms with E-state index in [1.54, 1.807) is 26.1 Å². The van der Waals surface area contributed by atoms with E-state index in [0.29, 0.717) is 11.1 Å². The quantitative estimate of drug-likeness (QED) is 0.821. The molecule has 0 aliphatic heterocycles. The Kier molecular flexibility index (Phi) is 4.79. The van der Waals surface area contributed by atoms with Gasteiger partial charge in [-0.25, -0.2) is 8.78 Å². The Bertz CT molecular complexity index is 660. The van der Waals surface area contributed by atoms with Gasteiger partial charge in [-0.1, -0.05) is 40.2 Å². The molecule has 0 aliphatic rings. The molecule has 1 nitrogen and oxygen atoms in total. The van der Waals surface area contributed by atoms with Crippen molar-refractivity contribution in [2.24, 2.45) is 0 Å². The van der Waals surface area contributed by atoms with Crippen molar-refractivity contribution < 1.29 is 8.78 Å². The molecule has 0 aliphatic carbocycles. The smallest absolute Gasteiger partial charge is 0.164 e. The first kappa shape index (κ1) is 16.1. The van der Waals surface area contributed by atoms with Crippen LogP contribution >= 0.6 is 15.9 Å². The number of rotatable bonds is 3. The van der Waals surface area contributed by atoms with E-state index in [-0.39, 0.29) is 6.04 Å². The van der Waals surface area contributed by atoms with Crippen LogP contribution in [0.1, 0.15) is 33.9 Å². The maximum absolute atomic E-state index is 14.2. The molecule has 1 atom stereocenters. The topological polar surface area (TPSA) is 12.0 Å². The number of halogens is 3. The molecule has 0 radical (unpaired) electrons. The van der Waals surface area contributed by atoms with Crippen LogP contribution in [0.4, 0.5) is 8.78 Å². The van der Waals surface area contributed by atoms with Crippen LogP contribution in [0.25, 0.3) is 0 Å². The highest BCUT2D eigenvalue weighted by atomic mass is 79.9. The van der Waals surface area contributed by atoms with Crippen LogP contribution in [0, 0.1) is 32.4 Å². The minimum Gasteiger partial charge on any atom is -0.309 e. The predicted octanol–water partition coefficient (Wildman–Crippen LogP) is 4.96. The standard InChI is InChI=1S/C17H18BrF2N/c1-9-5-6-13(16(20)15(9)19)17(21-4)12-7-10(2)14(18)11(3)8-12/h5-8,17,21H,1-4H3. The maximum Gasteiger partial charge on any atom is 0.164 e. The van der Waals surface area contributed by atoms with Crippen LogP contribution in [0.2, 0.25) is 0 Å². The largest absolute Gasteiger partial charge is 0.309 e. The Morgan fingerprint density at radius 2 is 1.52 bits per heavy atom. The van der Waals surface area contributed by atoms with Crippen molar-refractivity contribution in [2.45, 2.75) is 26.8 Å². The highest BCUT2D eigenvalue weighted by molar-refractivity contribution is 9.10. The van der Waals surface area contributed by atoms with Crippen LogP contribution in [0.3, 0.4) is 0 Å². The van der Waals surface area contributed by atoms with Gasteiger partial charge in [0.05, 0.1) is 6.04 Å². The molecule has 1 unspecified atom stereocenters. The van der Waals surface area contributed by atoms with Crippen molar-refractivity contribution in [1.82, 2.24) is 5.32 Å². The average Bonchev–Trinajstić information content (AvgIpc) is 2.45. The van der Waals surface area contributed by atoms with Gasteiger partial charge in [-0.05, 0) is 50.1 Å². The van der Waals surface area contributed by atoms with E-state index in [0.717, 1.165) is 21.2 Å². The van der Waals surface area contributed by atoms with Crippen molar-refractivity contribution in [3.63, 3.8) is 0 Å². The van der Waals surface area contributed by atoms with Gasteiger partial charge in [-0.15, -0.1) is 0 Å². The van der Waals surface area contributed by atoms with Crippen LogP contribution in [0.5, 0.6) is 0 Å². The third-order valence-electron chi connectivity index (χ3n) is 3.70. The zero-order valence-electron chi connectivity index (χ0n) is 12.5. The monoisotopic (exact) mass is 353 g/mol. The third-order valence-corrected chi connectivity index (χ3v) is 4.95. The average molecular weight is 354 g/mol. The van der Waals surface area contributed by atoms with Gasteiger partial charge in [-0.3, -0.25) is 0 Å². The Labute approximate surface area is 132 Å². The molecule has 112 valence electrons. The summed E-state index contributed by atoms with van der Waals surface area (Å²) in [6, 6.07) is 6.83. The van der Waals surface area contributed by atoms with Crippen molar-refractivity contribution >= 4 is 15.9 Å². The second-order valence-electron chi connectivity index (χ2n) is 5.29. The van der Waals surface area contributed by atoms with Crippen LogP contribution < -0.4 is 5.32 Å². The van der Waals surface area contributed by atoms with E-state index in [1.165, 1.54) is 0 Å². The Balaban J connectivity index is 2.58. The third kappa shape index (κ3) is 3.01. The lowest BCUT2D eigenvalue weighted by atomic mass is 9.94. The van der Waals surface area contributed by atoms with E-state index < -0.39 is 11.6 Å². The summed E-state index contributed by atoms with van der Waals surface area (Å²) in [7, 11) is 1.74. The second-order valence-corrected chi connectivity index (χ2v) is 6.08. The minimum absolute atomic E-state index is 0.314. The summed E-state index contributed by atoms with van der Waals surface area (Å²) in [5.41, 5.74) is 3.69. The molecular formula is C17H18BrF2N. The van der Waals surface area contributed by atoms with E-state index in [4.69, 9.17) is 0 Å². The number of benzene rings is 2. The molecule has 0 bridgehead atoms. The molecule has 21 heavy (non-hydrogen) atoms. The van der Waals surface area contributed by atoms with Crippen molar-refractivity contribution in [2.75, 3.05) is 7.05 Å². The molecule has 2 aromatic carbocycles. The Hall–Kier alpha value is -1.26. The van der Waals surface area contributed by atoms with E-state index in [2.05, 4.69) is 21.2 Å². The second kappa shape index (κ2) is 6.24. The number of aryl methyl sites for hydroxylation is 3. The minimum atomic E-state index is -0.785. The Morgan fingerprint density at radius 3 is 2.05 bits per heavy atom. The van der Waals surface area contributed by atoms with Crippen molar-refractivity contribution in [1.29, 1.82) is 0 Å². The van der Waals surface area contributed by atoms with Gasteiger partial charge in [-0.2, -0.15) is 0 Å². The summed E-state index contributed by atoms with van der Waals surface area (Å²) < 4.78 is 29.1. The summed E-state index contributed by atoms with van der Waals surface area (Å²) in [6.45, 7) is 5.53. The molecule has 0 saturated carbocycles. The maximum atomic E-state index is 14.2. The van der Waals surface area contributed by atoms with Crippen molar-refractivity contribution in [3.05, 3.63) is 68.2 Å². The molecule has 2 aromatic rings. The number of nitrogens with one attached hydrogen (secondary N) is 1. The van der Waals surface area contributed by atoms with Gasteiger partial charge < -0.3 is 5.32 Å². The molecule has 0 fully saturated rings. The lowest BCUT2D eigenvalue weighted by Gasteiger charge is -2.20. The molecule has 0 heterocycles. The van der Waals surface area contributed by atoms with Crippen molar-refractivity contribution in [3.8, 4) is 0 Å². The summed E-state index contributed by atoms with van der Waals surface area (Å²) >= 11 is 3.52. The molecule has 0 spiro atoms. The van der Waals surface area contributed by atoms with E-state index >= 15 is 0 Å². The lowest BCUT2D eigenvalue weighted by molar-refractivity contribution is 0.482. The summed E-state index contributed by atoms with van der Waals surface area (Å²) in [5, 5.41) is 3.07.